The second-order valence-corrected chi connectivity index (χ2v) is 8.04. The predicted molar refractivity (Wildman–Crippen MR) is 107 cm³/mol. The quantitative estimate of drug-likeness (QED) is 0.831. The summed E-state index contributed by atoms with van der Waals surface area (Å²) in [6.45, 7) is 6.49. The van der Waals surface area contributed by atoms with Gasteiger partial charge in [-0.25, -0.2) is 4.79 Å². The zero-order valence-electron chi connectivity index (χ0n) is 16.1. The predicted octanol–water partition coefficient (Wildman–Crippen LogP) is 3.40. The van der Waals surface area contributed by atoms with E-state index in [0.29, 0.717) is 0 Å². The first-order chi connectivity index (χ1) is 12.7. The number of hydrogen-bond donors (Lipinski definition) is 0. The summed E-state index contributed by atoms with van der Waals surface area (Å²) in [7, 11) is 1.87. The third-order valence-electron chi connectivity index (χ3n) is 6.36. The maximum absolute atomic E-state index is 12.1. The van der Waals surface area contributed by atoms with Gasteiger partial charge in [0.1, 0.15) is 0 Å². The molecule has 0 N–H and O–H groups in total. The van der Waals surface area contributed by atoms with E-state index < -0.39 is 0 Å². The van der Waals surface area contributed by atoms with Crippen molar-refractivity contribution in [3.8, 4) is 0 Å². The van der Waals surface area contributed by atoms with Crippen LogP contribution in [0.5, 0.6) is 0 Å². The molecule has 3 fully saturated rings. The van der Waals surface area contributed by atoms with Gasteiger partial charge in [-0.15, -0.1) is 0 Å². The molecule has 3 saturated heterocycles. The standard InChI is InChI=1S/C21H32N4O/c1-22-16-17-25(21(22)26)20-8-6-18(7-9-20)24-14-10-19(11-15-24)23-12-4-2-3-5-13-23/h6-9,19H,2-5,10-17H2,1H3. The van der Waals surface area contributed by atoms with Crippen LogP contribution in [0.1, 0.15) is 38.5 Å². The summed E-state index contributed by atoms with van der Waals surface area (Å²) in [6.07, 6.45) is 8.14. The van der Waals surface area contributed by atoms with Gasteiger partial charge in [0.2, 0.25) is 0 Å². The number of urea groups is 1. The van der Waals surface area contributed by atoms with Crippen molar-refractivity contribution >= 4 is 17.4 Å². The molecule has 2 amide bonds. The normalized spacial score (nSPS) is 23.6. The van der Waals surface area contributed by atoms with Crippen LogP contribution in [0.4, 0.5) is 16.2 Å². The number of carbonyl (C=O) groups is 1. The lowest BCUT2D eigenvalue weighted by Gasteiger charge is -2.39. The number of likely N-dealkylation sites (N-methyl/N-ethyl adjacent to an activating group) is 1. The van der Waals surface area contributed by atoms with Crippen LogP contribution in [0, 0.1) is 0 Å². The molecule has 0 saturated carbocycles. The topological polar surface area (TPSA) is 30.0 Å². The van der Waals surface area contributed by atoms with Gasteiger partial charge >= 0.3 is 6.03 Å². The van der Waals surface area contributed by atoms with Gasteiger partial charge in [0, 0.05) is 50.6 Å². The third-order valence-corrected chi connectivity index (χ3v) is 6.36. The van der Waals surface area contributed by atoms with E-state index in [1.807, 2.05) is 11.9 Å². The lowest BCUT2D eigenvalue weighted by Crippen LogP contribution is -2.45. The molecule has 1 aromatic carbocycles. The Bertz CT molecular complexity index is 601. The van der Waals surface area contributed by atoms with E-state index >= 15 is 0 Å². The van der Waals surface area contributed by atoms with Crippen LogP contribution in [0.2, 0.25) is 0 Å². The lowest BCUT2D eigenvalue weighted by molar-refractivity contribution is 0.175. The van der Waals surface area contributed by atoms with Crippen molar-refractivity contribution in [1.82, 2.24) is 9.80 Å². The maximum Gasteiger partial charge on any atom is 0.324 e. The van der Waals surface area contributed by atoms with Gasteiger partial charge in [-0.3, -0.25) is 4.90 Å². The first-order valence-corrected chi connectivity index (χ1v) is 10.3. The summed E-state index contributed by atoms with van der Waals surface area (Å²) in [4.78, 5) is 21.1. The molecule has 0 radical (unpaired) electrons. The molecule has 3 aliphatic heterocycles. The monoisotopic (exact) mass is 356 g/mol. The van der Waals surface area contributed by atoms with Crippen LogP contribution in [-0.2, 0) is 0 Å². The largest absolute Gasteiger partial charge is 0.371 e. The van der Waals surface area contributed by atoms with Crippen LogP contribution in [-0.4, -0.2) is 68.2 Å². The third kappa shape index (κ3) is 3.68. The number of amides is 2. The van der Waals surface area contributed by atoms with Crippen molar-refractivity contribution in [2.24, 2.45) is 0 Å². The fourth-order valence-electron chi connectivity index (χ4n) is 4.68. The number of rotatable bonds is 3. The smallest absolute Gasteiger partial charge is 0.324 e. The van der Waals surface area contributed by atoms with Crippen molar-refractivity contribution < 1.29 is 4.79 Å². The number of likely N-dealkylation sites (tertiary alicyclic amines) is 1. The Morgan fingerprint density at radius 3 is 1.96 bits per heavy atom. The van der Waals surface area contributed by atoms with Crippen molar-refractivity contribution in [3.63, 3.8) is 0 Å². The van der Waals surface area contributed by atoms with Crippen LogP contribution in [0.25, 0.3) is 0 Å². The fraction of sp³-hybridized carbons (Fsp3) is 0.667. The highest BCUT2D eigenvalue weighted by atomic mass is 16.2. The molecule has 5 nitrogen and oxygen atoms in total. The molecule has 3 aliphatic rings. The van der Waals surface area contributed by atoms with Crippen molar-refractivity contribution in [2.45, 2.75) is 44.6 Å². The summed E-state index contributed by atoms with van der Waals surface area (Å²) in [5, 5.41) is 0. The first kappa shape index (κ1) is 17.7. The molecule has 0 atom stereocenters. The molecule has 3 heterocycles. The van der Waals surface area contributed by atoms with Gasteiger partial charge in [-0.1, -0.05) is 12.8 Å². The Morgan fingerprint density at radius 1 is 0.769 bits per heavy atom. The maximum atomic E-state index is 12.1. The second kappa shape index (κ2) is 7.87. The zero-order chi connectivity index (χ0) is 17.9. The minimum Gasteiger partial charge on any atom is -0.371 e. The van der Waals surface area contributed by atoms with E-state index in [4.69, 9.17) is 0 Å². The summed E-state index contributed by atoms with van der Waals surface area (Å²) in [6, 6.07) is 9.47. The minimum absolute atomic E-state index is 0.107. The number of carbonyl (C=O) groups excluding carboxylic acids is 1. The second-order valence-electron chi connectivity index (χ2n) is 8.04. The number of hydrogen-bond acceptors (Lipinski definition) is 3. The van der Waals surface area contributed by atoms with Gasteiger partial charge < -0.3 is 14.7 Å². The van der Waals surface area contributed by atoms with E-state index in [0.717, 1.165) is 37.9 Å². The highest BCUT2D eigenvalue weighted by molar-refractivity contribution is 5.94. The molecule has 26 heavy (non-hydrogen) atoms. The first-order valence-electron chi connectivity index (χ1n) is 10.3. The van der Waals surface area contributed by atoms with Gasteiger partial charge in [0.15, 0.2) is 0 Å². The molecule has 5 heteroatoms. The zero-order valence-corrected chi connectivity index (χ0v) is 16.1. The molecule has 142 valence electrons. The summed E-state index contributed by atoms with van der Waals surface area (Å²) < 4.78 is 0. The van der Waals surface area contributed by atoms with Crippen LogP contribution in [0.15, 0.2) is 24.3 Å². The Labute approximate surface area is 157 Å². The summed E-state index contributed by atoms with van der Waals surface area (Å²) in [5.41, 5.74) is 2.31. The van der Waals surface area contributed by atoms with Crippen molar-refractivity contribution in [3.05, 3.63) is 24.3 Å². The Kier molecular flexibility index (Phi) is 5.34. The number of anilines is 2. The molecule has 0 aromatic heterocycles. The average molecular weight is 357 g/mol. The summed E-state index contributed by atoms with van der Waals surface area (Å²) >= 11 is 0. The minimum atomic E-state index is 0.107. The molecular formula is C21H32N4O. The lowest BCUT2D eigenvalue weighted by atomic mass is 10.0. The fourth-order valence-corrected chi connectivity index (χ4v) is 4.68. The average Bonchev–Trinajstić information content (AvgIpc) is 2.89. The van der Waals surface area contributed by atoms with Crippen molar-refractivity contribution in [1.29, 1.82) is 0 Å². The van der Waals surface area contributed by atoms with Gasteiger partial charge in [0.25, 0.3) is 0 Å². The Balaban J connectivity index is 1.33. The van der Waals surface area contributed by atoms with Gasteiger partial charge in [0.05, 0.1) is 0 Å². The van der Waals surface area contributed by atoms with E-state index in [1.165, 1.54) is 57.3 Å². The highest BCUT2D eigenvalue weighted by Gasteiger charge is 2.27. The Hall–Kier alpha value is -1.75. The van der Waals surface area contributed by atoms with Crippen LogP contribution < -0.4 is 9.80 Å². The Morgan fingerprint density at radius 2 is 1.38 bits per heavy atom. The molecule has 0 aliphatic carbocycles. The molecule has 0 unspecified atom stereocenters. The van der Waals surface area contributed by atoms with E-state index in [2.05, 4.69) is 34.1 Å². The molecule has 0 spiro atoms. The van der Waals surface area contributed by atoms with Crippen LogP contribution in [0.3, 0.4) is 0 Å². The van der Waals surface area contributed by atoms with Crippen molar-refractivity contribution in [2.75, 3.05) is 56.1 Å². The number of benzene rings is 1. The number of piperidine rings is 1. The summed E-state index contributed by atoms with van der Waals surface area (Å²) in [5.74, 6) is 0. The van der Waals surface area contributed by atoms with E-state index in [1.54, 1.807) is 4.90 Å². The van der Waals surface area contributed by atoms with E-state index in [-0.39, 0.29) is 6.03 Å². The molecule has 0 bridgehead atoms. The molecular weight excluding hydrogens is 324 g/mol. The molecule has 4 rings (SSSR count). The number of nitrogens with zero attached hydrogens (tertiary/aromatic N) is 4. The molecule has 1 aromatic rings. The van der Waals surface area contributed by atoms with Crippen LogP contribution >= 0.6 is 0 Å². The van der Waals surface area contributed by atoms with E-state index in [9.17, 15) is 4.79 Å². The highest BCUT2D eigenvalue weighted by Crippen LogP contribution is 2.27. The van der Waals surface area contributed by atoms with Gasteiger partial charge in [-0.05, 0) is 63.0 Å². The van der Waals surface area contributed by atoms with Gasteiger partial charge in [-0.2, -0.15) is 0 Å². The SMILES string of the molecule is CN1CCN(c2ccc(N3CCC(N4CCCCCC4)CC3)cc2)C1=O.